The van der Waals surface area contributed by atoms with Crippen LogP contribution in [0.1, 0.15) is 5.56 Å². The van der Waals surface area contributed by atoms with E-state index < -0.39 is 0 Å². The van der Waals surface area contributed by atoms with E-state index in [9.17, 15) is 9.50 Å². The van der Waals surface area contributed by atoms with Gasteiger partial charge in [0.05, 0.1) is 24.6 Å². The van der Waals surface area contributed by atoms with Crippen LogP contribution in [0.15, 0.2) is 67.0 Å². The largest absolute Gasteiger partial charge is 0.497 e. The zero-order chi connectivity index (χ0) is 18.1. The molecule has 0 unspecified atom stereocenters. The van der Waals surface area contributed by atoms with Gasteiger partial charge >= 0.3 is 0 Å². The quantitative estimate of drug-likeness (QED) is 0.586. The van der Waals surface area contributed by atoms with Gasteiger partial charge in [-0.05, 0) is 41.5 Å². The van der Waals surface area contributed by atoms with Gasteiger partial charge in [-0.3, -0.25) is 4.98 Å². The Labute approximate surface area is 150 Å². The summed E-state index contributed by atoms with van der Waals surface area (Å²) in [6.07, 6.45) is 3.39. The van der Waals surface area contributed by atoms with Crippen LogP contribution in [0.3, 0.4) is 0 Å². The summed E-state index contributed by atoms with van der Waals surface area (Å²) in [5, 5.41) is 11.0. The molecule has 2 aromatic carbocycles. The molecular formula is C21H17FN2O2. The number of nitrogens with zero attached hydrogens (tertiary/aromatic N) is 2. The number of rotatable bonds is 4. The highest BCUT2D eigenvalue weighted by atomic mass is 19.1. The van der Waals surface area contributed by atoms with Crippen LogP contribution in [0.2, 0.25) is 0 Å². The number of fused-ring (bicyclic) bond motifs is 1. The molecule has 4 rings (SSSR count). The molecule has 1 N–H and O–H groups in total. The fourth-order valence-electron chi connectivity index (χ4n) is 3.02. The Morgan fingerprint density at radius 3 is 2.54 bits per heavy atom. The normalized spacial score (nSPS) is 11.0. The second-order valence-electron chi connectivity index (χ2n) is 6.05. The predicted molar refractivity (Wildman–Crippen MR) is 98.9 cm³/mol. The minimum absolute atomic E-state index is 0.0896. The van der Waals surface area contributed by atoms with Gasteiger partial charge < -0.3 is 14.4 Å². The molecule has 0 saturated carbocycles. The summed E-state index contributed by atoms with van der Waals surface area (Å²) in [6, 6.07) is 16.1. The van der Waals surface area contributed by atoms with Crippen molar-refractivity contribution in [2.24, 2.45) is 0 Å². The van der Waals surface area contributed by atoms with Gasteiger partial charge in [-0.15, -0.1) is 0 Å². The van der Waals surface area contributed by atoms with Crippen molar-refractivity contribution >= 4 is 10.9 Å². The second-order valence-corrected chi connectivity index (χ2v) is 6.05. The molecule has 2 aromatic heterocycles. The molecule has 0 bridgehead atoms. The number of ether oxygens (including phenoxy) is 1. The Balaban J connectivity index is 1.64. The van der Waals surface area contributed by atoms with Crippen LogP contribution in [0, 0.1) is 5.82 Å². The lowest BCUT2D eigenvalue weighted by Gasteiger charge is -2.09. The molecule has 0 amide bonds. The summed E-state index contributed by atoms with van der Waals surface area (Å²) in [6.45, 7) is 0.233. The Hall–Kier alpha value is -3.34. The van der Waals surface area contributed by atoms with Gasteiger partial charge in [0.15, 0.2) is 0 Å². The molecule has 0 fully saturated rings. The topological polar surface area (TPSA) is 47.3 Å². The van der Waals surface area contributed by atoms with Gasteiger partial charge in [0.2, 0.25) is 5.88 Å². The molecule has 26 heavy (non-hydrogen) atoms. The second kappa shape index (κ2) is 6.52. The number of aromatic hydroxyl groups is 1. The van der Waals surface area contributed by atoms with Crippen LogP contribution in [-0.4, -0.2) is 21.8 Å². The van der Waals surface area contributed by atoms with Crippen molar-refractivity contribution in [3.8, 4) is 22.8 Å². The minimum Gasteiger partial charge on any atom is -0.497 e. The lowest BCUT2D eigenvalue weighted by molar-refractivity contribution is 0.415. The summed E-state index contributed by atoms with van der Waals surface area (Å²) in [4.78, 5) is 4.21. The van der Waals surface area contributed by atoms with Crippen molar-refractivity contribution in [3.05, 3.63) is 78.4 Å². The van der Waals surface area contributed by atoms with Crippen LogP contribution in [0.25, 0.3) is 22.0 Å². The highest BCUT2D eigenvalue weighted by Gasteiger charge is 2.12. The van der Waals surface area contributed by atoms with Gasteiger partial charge in [0, 0.05) is 18.0 Å². The predicted octanol–water partition coefficient (Wildman–Crippen LogP) is 4.60. The van der Waals surface area contributed by atoms with E-state index in [-0.39, 0.29) is 18.2 Å². The monoisotopic (exact) mass is 348 g/mol. The number of hydrogen-bond acceptors (Lipinski definition) is 3. The molecule has 0 radical (unpaired) electrons. The van der Waals surface area contributed by atoms with Crippen LogP contribution >= 0.6 is 0 Å². The van der Waals surface area contributed by atoms with Crippen LogP contribution in [-0.2, 0) is 6.54 Å². The standard InChI is InChI=1S/C21H17FN2O2/c1-26-17-8-6-14(7-9-17)15-4-5-16(19(22)11-15)12-24-13-20-18(21(24)25)3-2-10-23-20/h2-11,13,25H,12H2,1H3. The summed E-state index contributed by atoms with van der Waals surface area (Å²) in [5.41, 5.74) is 2.88. The molecule has 0 saturated heterocycles. The van der Waals surface area contributed by atoms with Crippen molar-refractivity contribution in [1.29, 1.82) is 0 Å². The van der Waals surface area contributed by atoms with Crippen LogP contribution < -0.4 is 4.74 Å². The average molecular weight is 348 g/mol. The molecule has 0 aliphatic rings. The van der Waals surface area contributed by atoms with Crippen LogP contribution in [0.5, 0.6) is 11.6 Å². The summed E-state index contributed by atoms with van der Waals surface area (Å²) in [7, 11) is 1.61. The number of aromatic nitrogens is 2. The third kappa shape index (κ3) is 2.88. The van der Waals surface area contributed by atoms with Crippen molar-refractivity contribution in [2.75, 3.05) is 7.11 Å². The van der Waals surface area contributed by atoms with Gasteiger partial charge in [0.25, 0.3) is 0 Å². The molecule has 5 heteroatoms. The maximum Gasteiger partial charge on any atom is 0.201 e. The highest BCUT2D eigenvalue weighted by molar-refractivity contribution is 5.84. The summed E-state index contributed by atoms with van der Waals surface area (Å²) < 4.78 is 21.4. The molecule has 0 atom stereocenters. The van der Waals surface area contributed by atoms with E-state index in [0.29, 0.717) is 16.5 Å². The van der Waals surface area contributed by atoms with Crippen molar-refractivity contribution < 1.29 is 14.2 Å². The maximum absolute atomic E-state index is 14.6. The molecule has 2 heterocycles. The Bertz CT molecular complexity index is 1070. The summed E-state index contributed by atoms with van der Waals surface area (Å²) in [5.74, 6) is 0.532. The van der Waals surface area contributed by atoms with E-state index in [1.54, 1.807) is 42.3 Å². The van der Waals surface area contributed by atoms with Crippen molar-refractivity contribution in [2.45, 2.75) is 6.54 Å². The van der Waals surface area contributed by atoms with E-state index in [1.165, 1.54) is 6.07 Å². The van der Waals surface area contributed by atoms with Gasteiger partial charge in [-0.2, -0.15) is 0 Å². The molecule has 130 valence electrons. The van der Waals surface area contributed by atoms with Crippen LogP contribution in [0.4, 0.5) is 4.39 Å². The molecule has 0 aliphatic carbocycles. The number of benzene rings is 2. The Morgan fingerprint density at radius 1 is 1.08 bits per heavy atom. The van der Waals surface area contributed by atoms with E-state index in [1.807, 2.05) is 30.3 Å². The molecular weight excluding hydrogens is 331 g/mol. The first-order valence-corrected chi connectivity index (χ1v) is 8.21. The third-order valence-electron chi connectivity index (χ3n) is 4.45. The maximum atomic E-state index is 14.6. The smallest absolute Gasteiger partial charge is 0.201 e. The van der Waals surface area contributed by atoms with E-state index in [4.69, 9.17) is 4.74 Å². The lowest BCUT2D eigenvalue weighted by Crippen LogP contribution is -2.00. The summed E-state index contributed by atoms with van der Waals surface area (Å²) >= 11 is 0. The first kappa shape index (κ1) is 16.1. The third-order valence-corrected chi connectivity index (χ3v) is 4.45. The number of hydrogen-bond donors (Lipinski definition) is 1. The first-order valence-electron chi connectivity index (χ1n) is 8.21. The fourth-order valence-corrected chi connectivity index (χ4v) is 3.02. The Kier molecular flexibility index (Phi) is 4.05. The number of methoxy groups -OCH3 is 1. The SMILES string of the molecule is COc1ccc(-c2ccc(Cn3cc4ncccc4c3O)c(F)c2)cc1. The van der Waals surface area contributed by atoms with Gasteiger partial charge in [-0.25, -0.2) is 4.39 Å². The number of pyridine rings is 1. The van der Waals surface area contributed by atoms with Crippen molar-refractivity contribution in [3.63, 3.8) is 0 Å². The number of halogens is 1. The minimum atomic E-state index is -0.316. The molecule has 0 spiro atoms. The van der Waals surface area contributed by atoms with E-state index in [2.05, 4.69) is 4.98 Å². The first-order chi connectivity index (χ1) is 12.7. The Morgan fingerprint density at radius 2 is 1.85 bits per heavy atom. The molecule has 0 aliphatic heterocycles. The lowest BCUT2D eigenvalue weighted by atomic mass is 10.0. The molecule has 4 nitrogen and oxygen atoms in total. The zero-order valence-corrected chi connectivity index (χ0v) is 14.2. The fraction of sp³-hybridized carbons (Fsp3) is 0.0952. The average Bonchev–Trinajstić information content (AvgIpc) is 2.99. The zero-order valence-electron chi connectivity index (χ0n) is 14.2. The van der Waals surface area contributed by atoms with E-state index >= 15 is 0 Å². The highest BCUT2D eigenvalue weighted by Crippen LogP contribution is 2.28. The molecule has 4 aromatic rings. The van der Waals surface area contributed by atoms with E-state index in [0.717, 1.165) is 16.9 Å². The van der Waals surface area contributed by atoms with Gasteiger partial charge in [0.1, 0.15) is 11.6 Å². The van der Waals surface area contributed by atoms with Gasteiger partial charge in [-0.1, -0.05) is 24.3 Å². The van der Waals surface area contributed by atoms with Crippen molar-refractivity contribution in [1.82, 2.24) is 9.55 Å².